The topological polar surface area (TPSA) is 39.2 Å². The van der Waals surface area contributed by atoms with Gasteiger partial charge < -0.3 is 4.74 Å². The minimum atomic E-state index is -0.155. The maximum absolute atomic E-state index is 11.2. The van der Waals surface area contributed by atoms with Crippen molar-refractivity contribution in [2.24, 2.45) is 0 Å². The molecule has 1 heterocycles. The summed E-state index contributed by atoms with van der Waals surface area (Å²) in [6, 6.07) is 3.93. The quantitative estimate of drug-likeness (QED) is 0.792. The van der Waals surface area contributed by atoms with Gasteiger partial charge in [0.2, 0.25) is 0 Å². The number of carbonyl (C=O) groups is 1. The third-order valence-corrected chi connectivity index (χ3v) is 3.30. The fourth-order valence-corrected chi connectivity index (χ4v) is 1.95. The van der Waals surface area contributed by atoms with Crippen molar-refractivity contribution in [3.63, 3.8) is 0 Å². The van der Waals surface area contributed by atoms with E-state index < -0.39 is 0 Å². The molecular formula is C11H12BrNO2. The Kier molecular flexibility index (Phi) is 2.78. The van der Waals surface area contributed by atoms with E-state index in [1.54, 1.807) is 6.20 Å². The van der Waals surface area contributed by atoms with Gasteiger partial charge in [-0.1, -0.05) is 0 Å². The smallest absolute Gasteiger partial charge is 0.306 e. The lowest BCUT2D eigenvalue weighted by Crippen LogP contribution is -2.15. The van der Waals surface area contributed by atoms with Crippen LogP contribution in [0.25, 0.3) is 0 Å². The molecule has 0 aromatic carbocycles. The highest BCUT2D eigenvalue weighted by atomic mass is 79.9. The molecule has 0 atom stereocenters. The number of esters is 1. The van der Waals surface area contributed by atoms with Crippen LogP contribution in [0.5, 0.6) is 0 Å². The van der Waals surface area contributed by atoms with Gasteiger partial charge in [0.05, 0.1) is 13.5 Å². The molecule has 1 aromatic rings. The van der Waals surface area contributed by atoms with Gasteiger partial charge >= 0.3 is 5.97 Å². The summed E-state index contributed by atoms with van der Waals surface area (Å²) >= 11 is 3.34. The standard InChI is InChI=1S/C11H12BrNO2/c1-15-10(14)6-11(4-5-11)9-3-2-8(12)7-13-9/h2-3,7H,4-6H2,1H3. The summed E-state index contributed by atoms with van der Waals surface area (Å²) in [5.74, 6) is -0.155. The number of methoxy groups -OCH3 is 1. The van der Waals surface area contributed by atoms with E-state index in [2.05, 4.69) is 20.9 Å². The number of nitrogens with zero attached hydrogens (tertiary/aromatic N) is 1. The summed E-state index contributed by atoms with van der Waals surface area (Å²) in [7, 11) is 1.42. The number of hydrogen-bond acceptors (Lipinski definition) is 3. The Morgan fingerprint density at radius 1 is 1.60 bits per heavy atom. The van der Waals surface area contributed by atoms with E-state index in [-0.39, 0.29) is 11.4 Å². The zero-order valence-electron chi connectivity index (χ0n) is 8.50. The van der Waals surface area contributed by atoms with Crippen LogP contribution < -0.4 is 0 Å². The highest BCUT2D eigenvalue weighted by Crippen LogP contribution is 2.50. The second kappa shape index (κ2) is 3.93. The molecule has 0 radical (unpaired) electrons. The van der Waals surface area contributed by atoms with Gasteiger partial charge in [-0.15, -0.1) is 0 Å². The molecule has 1 aliphatic carbocycles. The zero-order chi connectivity index (χ0) is 10.9. The molecule has 1 aliphatic rings. The van der Waals surface area contributed by atoms with Crippen molar-refractivity contribution in [1.82, 2.24) is 4.98 Å². The molecule has 1 saturated carbocycles. The number of carbonyl (C=O) groups excluding carboxylic acids is 1. The molecule has 4 heteroatoms. The second-order valence-corrected chi connectivity index (χ2v) is 4.81. The van der Waals surface area contributed by atoms with E-state index >= 15 is 0 Å². The second-order valence-electron chi connectivity index (χ2n) is 3.89. The minimum absolute atomic E-state index is 0.0478. The molecule has 1 fully saturated rings. The average Bonchev–Trinajstić information content (AvgIpc) is 3.00. The van der Waals surface area contributed by atoms with Crippen LogP contribution in [0, 0.1) is 0 Å². The number of aromatic nitrogens is 1. The molecular weight excluding hydrogens is 258 g/mol. The molecule has 2 rings (SSSR count). The van der Waals surface area contributed by atoms with Crippen LogP contribution in [0.1, 0.15) is 25.0 Å². The molecule has 0 N–H and O–H groups in total. The predicted molar refractivity (Wildman–Crippen MR) is 59.5 cm³/mol. The van der Waals surface area contributed by atoms with Crippen LogP contribution in [-0.2, 0) is 14.9 Å². The van der Waals surface area contributed by atoms with E-state index in [4.69, 9.17) is 4.74 Å². The largest absolute Gasteiger partial charge is 0.469 e. The molecule has 0 amide bonds. The Morgan fingerprint density at radius 3 is 2.80 bits per heavy atom. The van der Waals surface area contributed by atoms with Crippen molar-refractivity contribution >= 4 is 21.9 Å². The van der Waals surface area contributed by atoms with Crippen molar-refractivity contribution in [1.29, 1.82) is 0 Å². The summed E-state index contributed by atoms with van der Waals surface area (Å²) in [6.45, 7) is 0. The summed E-state index contributed by atoms with van der Waals surface area (Å²) in [5, 5.41) is 0. The van der Waals surface area contributed by atoms with Crippen molar-refractivity contribution < 1.29 is 9.53 Å². The van der Waals surface area contributed by atoms with Gasteiger partial charge in [0, 0.05) is 21.8 Å². The van der Waals surface area contributed by atoms with Crippen molar-refractivity contribution in [3.8, 4) is 0 Å². The average molecular weight is 270 g/mol. The van der Waals surface area contributed by atoms with Crippen LogP contribution in [-0.4, -0.2) is 18.1 Å². The van der Waals surface area contributed by atoms with Crippen LogP contribution in [0.2, 0.25) is 0 Å². The predicted octanol–water partition coefficient (Wildman–Crippen LogP) is 2.44. The Labute approximate surface area is 97.0 Å². The Bertz CT molecular complexity index is 371. The molecule has 0 bridgehead atoms. The first-order chi connectivity index (χ1) is 7.16. The van der Waals surface area contributed by atoms with E-state index in [0.717, 1.165) is 23.0 Å². The number of rotatable bonds is 3. The maximum atomic E-state index is 11.2. The number of ether oxygens (including phenoxy) is 1. The first-order valence-electron chi connectivity index (χ1n) is 4.85. The minimum Gasteiger partial charge on any atom is -0.469 e. The molecule has 0 unspecified atom stereocenters. The van der Waals surface area contributed by atoms with E-state index in [0.29, 0.717) is 6.42 Å². The van der Waals surface area contributed by atoms with E-state index in [1.165, 1.54) is 7.11 Å². The van der Waals surface area contributed by atoms with Crippen LogP contribution in [0.15, 0.2) is 22.8 Å². The molecule has 1 aromatic heterocycles. The molecule has 0 aliphatic heterocycles. The molecule has 3 nitrogen and oxygen atoms in total. The summed E-state index contributed by atoms with van der Waals surface area (Å²) in [4.78, 5) is 15.6. The van der Waals surface area contributed by atoms with E-state index in [9.17, 15) is 4.79 Å². The molecule has 15 heavy (non-hydrogen) atoms. The first kappa shape index (κ1) is 10.6. The highest BCUT2D eigenvalue weighted by Gasteiger charge is 2.47. The Morgan fingerprint density at radius 2 is 2.33 bits per heavy atom. The maximum Gasteiger partial charge on any atom is 0.306 e. The van der Waals surface area contributed by atoms with Gasteiger partial charge in [0.25, 0.3) is 0 Å². The molecule has 80 valence electrons. The Hall–Kier alpha value is -0.900. The van der Waals surface area contributed by atoms with Crippen molar-refractivity contribution in [3.05, 3.63) is 28.5 Å². The van der Waals surface area contributed by atoms with Crippen molar-refractivity contribution in [2.75, 3.05) is 7.11 Å². The zero-order valence-corrected chi connectivity index (χ0v) is 10.1. The molecule has 0 saturated heterocycles. The normalized spacial score (nSPS) is 17.2. The third kappa shape index (κ3) is 2.20. The van der Waals surface area contributed by atoms with Gasteiger partial charge in [0.15, 0.2) is 0 Å². The summed E-state index contributed by atoms with van der Waals surface area (Å²) in [6.07, 6.45) is 4.26. The number of pyridine rings is 1. The lowest BCUT2D eigenvalue weighted by atomic mass is 9.97. The Balaban J connectivity index is 2.16. The first-order valence-corrected chi connectivity index (χ1v) is 5.64. The van der Waals surface area contributed by atoms with Gasteiger partial charge in [-0.25, -0.2) is 0 Å². The third-order valence-electron chi connectivity index (χ3n) is 2.83. The fourth-order valence-electron chi connectivity index (χ4n) is 1.71. The van der Waals surface area contributed by atoms with Gasteiger partial charge in [-0.05, 0) is 40.9 Å². The van der Waals surface area contributed by atoms with E-state index in [1.807, 2.05) is 12.1 Å². The lowest BCUT2D eigenvalue weighted by molar-refractivity contribution is -0.141. The molecule has 0 spiro atoms. The van der Waals surface area contributed by atoms with Crippen LogP contribution >= 0.6 is 15.9 Å². The van der Waals surface area contributed by atoms with Crippen LogP contribution in [0.4, 0.5) is 0 Å². The van der Waals surface area contributed by atoms with Gasteiger partial charge in [-0.2, -0.15) is 0 Å². The van der Waals surface area contributed by atoms with Crippen LogP contribution in [0.3, 0.4) is 0 Å². The van der Waals surface area contributed by atoms with Crippen molar-refractivity contribution in [2.45, 2.75) is 24.7 Å². The number of halogens is 1. The van der Waals surface area contributed by atoms with Gasteiger partial charge in [-0.3, -0.25) is 9.78 Å². The summed E-state index contributed by atoms with van der Waals surface area (Å²) in [5.41, 5.74) is 0.949. The monoisotopic (exact) mass is 269 g/mol. The highest BCUT2D eigenvalue weighted by molar-refractivity contribution is 9.10. The SMILES string of the molecule is COC(=O)CC1(c2ccc(Br)cn2)CC1. The van der Waals surface area contributed by atoms with Gasteiger partial charge in [0.1, 0.15) is 0 Å². The number of hydrogen-bond donors (Lipinski definition) is 0. The fraction of sp³-hybridized carbons (Fsp3) is 0.455. The lowest BCUT2D eigenvalue weighted by Gasteiger charge is -2.12. The summed E-state index contributed by atoms with van der Waals surface area (Å²) < 4.78 is 5.65.